The van der Waals surface area contributed by atoms with Gasteiger partial charge < -0.3 is 15.0 Å². The van der Waals surface area contributed by atoms with Crippen molar-refractivity contribution in [3.8, 4) is 0 Å². The second kappa shape index (κ2) is 5.53. The summed E-state index contributed by atoms with van der Waals surface area (Å²) in [6, 6.07) is 1.60. The molecule has 6 nitrogen and oxygen atoms in total. The highest BCUT2D eigenvalue weighted by Crippen LogP contribution is 2.13. The Morgan fingerprint density at radius 1 is 1.50 bits per heavy atom. The van der Waals surface area contributed by atoms with Crippen molar-refractivity contribution in [1.82, 2.24) is 9.88 Å². The lowest BCUT2D eigenvalue weighted by Crippen LogP contribution is -2.23. The standard InChI is InChI=1S/C11H18N2O4S/c1-8-10(11(14)15)6-9(13(8)2)7-12-4-5-18(3,16)17/h6,12H,4-5,7H2,1-3H3,(H,14,15). The van der Waals surface area contributed by atoms with E-state index in [1.165, 1.54) is 6.26 Å². The molecule has 0 aliphatic carbocycles. The van der Waals surface area contributed by atoms with E-state index in [0.717, 1.165) is 5.69 Å². The van der Waals surface area contributed by atoms with E-state index in [0.29, 0.717) is 18.8 Å². The first-order valence-corrected chi connectivity index (χ1v) is 7.55. The average molecular weight is 274 g/mol. The molecule has 0 saturated heterocycles. The molecule has 0 fully saturated rings. The Balaban J connectivity index is 2.64. The summed E-state index contributed by atoms with van der Waals surface area (Å²) in [6.45, 7) is 2.54. The summed E-state index contributed by atoms with van der Waals surface area (Å²) in [5, 5.41) is 12.0. The maximum Gasteiger partial charge on any atom is 0.337 e. The minimum atomic E-state index is -2.97. The topological polar surface area (TPSA) is 88.4 Å². The highest BCUT2D eigenvalue weighted by atomic mass is 32.2. The van der Waals surface area contributed by atoms with E-state index < -0.39 is 15.8 Å². The quantitative estimate of drug-likeness (QED) is 0.722. The van der Waals surface area contributed by atoms with Crippen LogP contribution in [0, 0.1) is 6.92 Å². The van der Waals surface area contributed by atoms with E-state index in [4.69, 9.17) is 5.11 Å². The van der Waals surface area contributed by atoms with Gasteiger partial charge in [0.1, 0.15) is 9.84 Å². The van der Waals surface area contributed by atoms with Gasteiger partial charge in [0.15, 0.2) is 0 Å². The Labute approximate surface area is 107 Å². The van der Waals surface area contributed by atoms with Crippen molar-refractivity contribution in [3.05, 3.63) is 23.0 Å². The van der Waals surface area contributed by atoms with Gasteiger partial charge in [0.05, 0.1) is 11.3 Å². The van der Waals surface area contributed by atoms with E-state index >= 15 is 0 Å². The predicted octanol–water partition coefficient (Wildman–Crippen LogP) is 0.166. The fourth-order valence-electron chi connectivity index (χ4n) is 1.62. The Bertz CT molecular complexity index is 546. The molecule has 1 aromatic rings. The van der Waals surface area contributed by atoms with Crippen LogP contribution in [0.1, 0.15) is 21.7 Å². The highest BCUT2D eigenvalue weighted by molar-refractivity contribution is 7.90. The third-order valence-corrected chi connectivity index (χ3v) is 3.77. The molecule has 7 heteroatoms. The van der Waals surface area contributed by atoms with Crippen molar-refractivity contribution >= 4 is 15.8 Å². The number of aromatic nitrogens is 1. The van der Waals surface area contributed by atoms with Crippen molar-refractivity contribution in [2.75, 3.05) is 18.6 Å². The summed E-state index contributed by atoms with van der Waals surface area (Å²) in [5.74, 6) is -0.882. The molecule has 0 aliphatic rings. The largest absolute Gasteiger partial charge is 0.478 e. The molecule has 18 heavy (non-hydrogen) atoms. The third-order valence-electron chi connectivity index (χ3n) is 2.82. The normalized spacial score (nSPS) is 11.7. The number of aromatic carboxylic acids is 1. The molecular weight excluding hydrogens is 256 g/mol. The summed E-state index contributed by atoms with van der Waals surface area (Å²) in [7, 11) is -1.18. The summed E-state index contributed by atoms with van der Waals surface area (Å²) < 4.78 is 23.7. The van der Waals surface area contributed by atoms with Gasteiger partial charge in [-0.15, -0.1) is 0 Å². The number of sulfone groups is 1. The van der Waals surface area contributed by atoms with Gasteiger partial charge in [-0.3, -0.25) is 0 Å². The van der Waals surface area contributed by atoms with Crippen LogP contribution >= 0.6 is 0 Å². The van der Waals surface area contributed by atoms with Gasteiger partial charge >= 0.3 is 5.97 Å². The van der Waals surface area contributed by atoms with Gasteiger partial charge in [0.2, 0.25) is 0 Å². The molecule has 0 aliphatic heterocycles. The van der Waals surface area contributed by atoms with Crippen molar-refractivity contribution in [1.29, 1.82) is 0 Å². The van der Waals surface area contributed by atoms with Gasteiger partial charge in [-0.25, -0.2) is 13.2 Å². The zero-order valence-corrected chi connectivity index (χ0v) is 11.5. The molecule has 102 valence electrons. The smallest absolute Gasteiger partial charge is 0.337 e. The molecule has 0 amide bonds. The molecule has 0 radical (unpaired) electrons. The summed E-state index contributed by atoms with van der Waals surface area (Å²) >= 11 is 0. The Kier molecular flexibility index (Phi) is 4.53. The van der Waals surface area contributed by atoms with Crippen molar-refractivity contribution in [3.63, 3.8) is 0 Å². The van der Waals surface area contributed by atoms with Crippen LogP contribution in [0.4, 0.5) is 0 Å². The predicted molar refractivity (Wildman–Crippen MR) is 68.5 cm³/mol. The lowest BCUT2D eigenvalue weighted by atomic mass is 10.2. The number of carboxylic acids is 1. The Hall–Kier alpha value is -1.34. The highest BCUT2D eigenvalue weighted by Gasteiger charge is 2.14. The first-order valence-electron chi connectivity index (χ1n) is 5.49. The SMILES string of the molecule is Cc1c(C(=O)O)cc(CNCCS(C)(=O)=O)n1C. The third kappa shape index (κ3) is 3.85. The fraction of sp³-hybridized carbons (Fsp3) is 0.545. The average Bonchev–Trinajstić information content (AvgIpc) is 2.51. The maximum atomic E-state index is 10.9. The second-order valence-corrected chi connectivity index (χ2v) is 6.57. The van der Waals surface area contributed by atoms with Crippen LogP contribution in [-0.4, -0.2) is 42.6 Å². The maximum absolute atomic E-state index is 10.9. The fourth-order valence-corrected chi connectivity index (χ4v) is 2.14. The monoisotopic (exact) mass is 274 g/mol. The first kappa shape index (κ1) is 14.7. The molecular formula is C11H18N2O4S. The molecule has 0 bridgehead atoms. The minimum absolute atomic E-state index is 0.0716. The number of hydrogen-bond acceptors (Lipinski definition) is 4. The van der Waals surface area contributed by atoms with Crippen molar-refractivity contribution in [2.24, 2.45) is 7.05 Å². The lowest BCUT2D eigenvalue weighted by molar-refractivity contribution is 0.0696. The number of hydrogen-bond donors (Lipinski definition) is 2. The molecule has 2 N–H and O–H groups in total. The summed E-state index contributed by atoms with van der Waals surface area (Å²) in [4.78, 5) is 10.9. The molecule has 0 aromatic carbocycles. The van der Waals surface area contributed by atoms with Crippen LogP contribution in [0.25, 0.3) is 0 Å². The zero-order valence-electron chi connectivity index (χ0n) is 10.7. The Morgan fingerprint density at radius 2 is 2.11 bits per heavy atom. The number of carbonyl (C=O) groups is 1. The molecule has 1 heterocycles. The van der Waals surface area contributed by atoms with Crippen LogP contribution in [-0.2, 0) is 23.4 Å². The zero-order chi connectivity index (χ0) is 13.9. The van der Waals surface area contributed by atoms with Gasteiger partial charge in [-0.2, -0.15) is 0 Å². The van der Waals surface area contributed by atoms with Crippen molar-refractivity contribution in [2.45, 2.75) is 13.5 Å². The number of nitrogens with zero attached hydrogens (tertiary/aromatic N) is 1. The number of nitrogens with one attached hydrogen (secondary N) is 1. The first-order chi connectivity index (χ1) is 8.22. The summed E-state index contributed by atoms with van der Waals surface area (Å²) in [6.07, 6.45) is 1.18. The molecule has 0 unspecified atom stereocenters. The van der Waals surface area contributed by atoms with Gasteiger partial charge in [-0.1, -0.05) is 0 Å². The van der Waals surface area contributed by atoms with E-state index in [-0.39, 0.29) is 11.3 Å². The van der Waals surface area contributed by atoms with E-state index in [2.05, 4.69) is 5.32 Å². The Morgan fingerprint density at radius 3 is 2.56 bits per heavy atom. The molecule has 0 atom stereocenters. The molecule has 1 aromatic heterocycles. The van der Waals surface area contributed by atoms with Crippen molar-refractivity contribution < 1.29 is 18.3 Å². The van der Waals surface area contributed by atoms with Gasteiger partial charge in [-0.05, 0) is 13.0 Å². The van der Waals surface area contributed by atoms with E-state index in [1.807, 2.05) is 0 Å². The number of carboxylic acid groups (broad SMARTS) is 1. The van der Waals surface area contributed by atoms with E-state index in [9.17, 15) is 13.2 Å². The number of rotatable bonds is 6. The molecule has 0 spiro atoms. The lowest BCUT2D eigenvalue weighted by Gasteiger charge is -2.06. The van der Waals surface area contributed by atoms with Gasteiger partial charge in [0.25, 0.3) is 0 Å². The molecule has 1 rings (SSSR count). The van der Waals surface area contributed by atoms with Crippen LogP contribution in [0.2, 0.25) is 0 Å². The van der Waals surface area contributed by atoms with Crippen LogP contribution in [0.15, 0.2) is 6.07 Å². The molecule has 0 saturated carbocycles. The van der Waals surface area contributed by atoms with Crippen LogP contribution in [0.5, 0.6) is 0 Å². The van der Waals surface area contributed by atoms with E-state index in [1.54, 1.807) is 24.6 Å². The summed E-state index contributed by atoms with van der Waals surface area (Å²) in [5.41, 5.74) is 1.78. The minimum Gasteiger partial charge on any atom is -0.478 e. The van der Waals surface area contributed by atoms with Crippen LogP contribution in [0.3, 0.4) is 0 Å². The second-order valence-electron chi connectivity index (χ2n) is 4.31. The van der Waals surface area contributed by atoms with Gasteiger partial charge in [0, 0.05) is 37.8 Å². The van der Waals surface area contributed by atoms with Crippen LogP contribution < -0.4 is 5.32 Å².